The van der Waals surface area contributed by atoms with Crippen molar-refractivity contribution in [3.63, 3.8) is 0 Å². The third-order valence-corrected chi connectivity index (χ3v) is 2.77. The van der Waals surface area contributed by atoms with E-state index in [1.54, 1.807) is 0 Å². The molecule has 0 aromatic heterocycles. The highest BCUT2D eigenvalue weighted by Crippen LogP contribution is 2.11. The number of hydrogen-bond acceptors (Lipinski definition) is 2. The Balaban J connectivity index is 1.92. The fourth-order valence-electron chi connectivity index (χ4n) is 1.89. The number of Topliss-reactive ketones (excluding diaryl/α,β-unsaturated/α-hetero) is 1. The molecular formula is C16H17NO. The van der Waals surface area contributed by atoms with Crippen molar-refractivity contribution in [3.05, 3.63) is 66.2 Å². The van der Waals surface area contributed by atoms with Crippen LogP contribution in [0.3, 0.4) is 0 Å². The molecule has 2 heteroatoms. The molecule has 0 amide bonds. The first-order valence-electron chi connectivity index (χ1n) is 6.15. The van der Waals surface area contributed by atoms with E-state index in [9.17, 15) is 4.79 Å². The number of nitrogens with one attached hydrogen (secondary N) is 1. The van der Waals surface area contributed by atoms with Gasteiger partial charge in [0.25, 0.3) is 0 Å². The summed E-state index contributed by atoms with van der Waals surface area (Å²) in [6, 6.07) is 19.5. The topological polar surface area (TPSA) is 29.1 Å². The Morgan fingerprint density at radius 1 is 1.00 bits per heavy atom. The van der Waals surface area contributed by atoms with Gasteiger partial charge in [0, 0.05) is 23.7 Å². The summed E-state index contributed by atoms with van der Waals surface area (Å²) in [4.78, 5) is 12.0. The zero-order valence-electron chi connectivity index (χ0n) is 10.5. The highest BCUT2D eigenvalue weighted by atomic mass is 16.1. The van der Waals surface area contributed by atoms with E-state index in [0.29, 0.717) is 6.42 Å². The summed E-state index contributed by atoms with van der Waals surface area (Å²) in [6.45, 7) is 2.02. The maximum absolute atomic E-state index is 12.0. The van der Waals surface area contributed by atoms with E-state index >= 15 is 0 Å². The van der Waals surface area contributed by atoms with Crippen molar-refractivity contribution >= 4 is 11.5 Å². The van der Waals surface area contributed by atoms with Crippen molar-refractivity contribution in [2.75, 3.05) is 5.32 Å². The monoisotopic (exact) mass is 239 g/mol. The highest BCUT2D eigenvalue weighted by molar-refractivity contribution is 5.96. The molecule has 2 aromatic rings. The quantitative estimate of drug-likeness (QED) is 0.805. The number of ketones is 1. The lowest BCUT2D eigenvalue weighted by Gasteiger charge is -2.14. The Morgan fingerprint density at radius 3 is 2.17 bits per heavy atom. The molecule has 0 heterocycles. The Bertz CT molecular complexity index is 493. The number of anilines is 1. The van der Waals surface area contributed by atoms with Crippen LogP contribution in [0.2, 0.25) is 0 Å². The van der Waals surface area contributed by atoms with Crippen LogP contribution in [0.4, 0.5) is 5.69 Å². The lowest BCUT2D eigenvalue weighted by atomic mass is 10.0. The van der Waals surface area contributed by atoms with Gasteiger partial charge in [-0.3, -0.25) is 4.79 Å². The second-order valence-corrected chi connectivity index (χ2v) is 4.40. The van der Waals surface area contributed by atoms with E-state index < -0.39 is 0 Å². The fourth-order valence-corrected chi connectivity index (χ4v) is 1.89. The maximum Gasteiger partial charge on any atom is 0.164 e. The molecule has 0 fully saturated rings. The second kappa shape index (κ2) is 6.01. The first kappa shape index (κ1) is 12.4. The summed E-state index contributed by atoms with van der Waals surface area (Å²) in [7, 11) is 0. The number of hydrogen-bond donors (Lipinski definition) is 1. The van der Waals surface area contributed by atoms with Crippen LogP contribution in [0, 0.1) is 0 Å². The summed E-state index contributed by atoms with van der Waals surface area (Å²) in [5, 5.41) is 3.32. The molecule has 1 atom stereocenters. The molecule has 0 spiro atoms. The minimum Gasteiger partial charge on any atom is -0.382 e. The second-order valence-electron chi connectivity index (χ2n) is 4.40. The van der Waals surface area contributed by atoms with E-state index in [1.807, 2.05) is 67.6 Å². The van der Waals surface area contributed by atoms with Gasteiger partial charge in [0.05, 0.1) is 0 Å². The van der Waals surface area contributed by atoms with Crippen LogP contribution < -0.4 is 5.32 Å². The lowest BCUT2D eigenvalue weighted by molar-refractivity contribution is 0.0978. The summed E-state index contributed by atoms with van der Waals surface area (Å²) in [5.41, 5.74) is 1.82. The molecule has 2 rings (SSSR count). The molecule has 0 aliphatic rings. The summed E-state index contributed by atoms with van der Waals surface area (Å²) in [5.74, 6) is 0.173. The molecule has 1 N–H and O–H groups in total. The van der Waals surface area contributed by atoms with Crippen molar-refractivity contribution in [2.45, 2.75) is 19.4 Å². The Labute approximate surface area is 108 Å². The normalized spacial score (nSPS) is 11.8. The number of benzene rings is 2. The van der Waals surface area contributed by atoms with E-state index in [4.69, 9.17) is 0 Å². The molecule has 0 aliphatic heterocycles. The SMILES string of the molecule is CC(CC(=O)c1ccccc1)Nc1ccccc1. The van der Waals surface area contributed by atoms with Gasteiger partial charge in [0.2, 0.25) is 0 Å². The van der Waals surface area contributed by atoms with Gasteiger partial charge in [-0.05, 0) is 19.1 Å². The standard InChI is InChI=1S/C16H17NO/c1-13(17-15-10-6-3-7-11-15)12-16(18)14-8-4-2-5-9-14/h2-11,13,17H,12H2,1H3. The van der Waals surface area contributed by atoms with Crippen LogP contribution in [0.5, 0.6) is 0 Å². The first-order valence-corrected chi connectivity index (χ1v) is 6.15. The van der Waals surface area contributed by atoms with Gasteiger partial charge in [0.15, 0.2) is 5.78 Å². The van der Waals surface area contributed by atoms with Crippen LogP contribution >= 0.6 is 0 Å². The van der Waals surface area contributed by atoms with E-state index in [2.05, 4.69) is 5.32 Å². The van der Waals surface area contributed by atoms with Crippen LogP contribution in [0.1, 0.15) is 23.7 Å². The molecule has 1 unspecified atom stereocenters. The third kappa shape index (κ3) is 3.45. The number of carbonyl (C=O) groups is 1. The third-order valence-electron chi connectivity index (χ3n) is 2.77. The van der Waals surface area contributed by atoms with Crippen molar-refractivity contribution in [1.29, 1.82) is 0 Å². The van der Waals surface area contributed by atoms with E-state index in [-0.39, 0.29) is 11.8 Å². The van der Waals surface area contributed by atoms with Gasteiger partial charge < -0.3 is 5.32 Å². The summed E-state index contributed by atoms with van der Waals surface area (Å²) < 4.78 is 0. The lowest BCUT2D eigenvalue weighted by Crippen LogP contribution is -2.19. The molecule has 0 saturated heterocycles. The average molecular weight is 239 g/mol. The van der Waals surface area contributed by atoms with Gasteiger partial charge in [-0.2, -0.15) is 0 Å². The van der Waals surface area contributed by atoms with Crippen molar-refractivity contribution < 1.29 is 4.79 Å². The minimum atomic E-state index is 0.125. The summed E-state index contributed by atoms with van der Waals surface area (Å²) in [6.07, 6.45) is 0.499. The maximum atomic E-state index is 12.0. The Kier molecular flexibility index (Phi) is 4.13. The number of para-hydroxylation sites is 1. The first-order chi connectivity index (χ1) is 8.75. The molecule has 0 aliphatic carbocycles. The van der Waals surface area contributed by atoms with Gasteiger partial charge >= 0.3 is 0 Å². The largest absolute Gasteiger partial charge is 0.382 e. The molecule has 18 heavy (non-hydrogen) atoms. The molecule has 0 radical (unpaired) electrons. The molecule has 2 nitrogen and oxygen atoms in total. The van der Waals surface area contributed by atoms with Crippen LogP contribution in [-0.2, 0) is 0 Å². The molecular weight excluding hydrogens is 222 g/mol. The van der Waals surface area contributed by atoms with E-state index in [0.717, 1.165) is 11.3 Å². The minimum absolute atomic E-state index is 0.125. The predicted octanol–water partition coefficient (Wildman–Crippen LogP) is 3.76. The number of rotatable bonds is 5. The van der Waals surface area contributed by atoms with Crippen molar-refractivity contribution in [1.82, 2.24) is 0 Å². The molecule has 92 valence electrons. The number of carbonyl (C=O) groups excluding carboxylic acids is 1. The average Bonchev–Trinajstić information content (AvgIpc) is 2.40. The van der Waals surface area contributed by atoms with Crippen LogP contribution in [0.15, 0.2) is 60.7 Å². The van der Waals surface area contributed by atoms with Gasteiger partial charge in [-0.1, -0.05) is 48.5 Å². The molecule has 2 aromatic carbocycles. The van der Waals surface area contributed by atoms with Crippen molar-refractivity contribution in [3.8, 4) is 0 Å². The zero-order chi connectivity index (χ0) is 12.8. The predicted molar refractivity (Wildman–Crippen MR) is 74.9 cm³/mol. The van der Waals surface area contributed by atoms with Crippen LogP contribution in [0.25, 0.3) is 0 Å². The Hall–Kier alpha value is -2.09. The van der Waals surface area contributed by atoms with Crippen molar-refractivity contribution in [2.24, 2.45) is 0 Å². The van der Waals surface area contributed by atoms with Gasteiger partial charge in [-0.15, -0.1) is 0 Å². The molecule has 0 bridgehead atoms. The zero-order valence-corrected chi connectivity index (χ0v) is 10.5. The van der Waals surface area contributed by atoms with Gasteiger partial charge in [0.1, 0.15) is 0 Å². The highest BCUT2D eigenvalue weighted by Gasteiger charge is 2.10. The molecule has 0 saturated carbocycles. The van der Waals surface area contributed by atoms with Gasteiger partial charge in [-0.25, -0.2) is 0 Å². The summed E-state index contributed by atoms with van der Waals surface area (Å²) >= 11 is 0. The Morgan fingerprint density at radius 2 is 1.56 bits per heavy atom. The van der Waals surface area contributed by atoms with E-state index in [1.165, 1.54) is 0 Å². The van der Waals surface area contributed by atoms with Crippen LogP contribution in [-0.4, -0.2) is 11.8 Å². The fraction of sp³-hybridized carbons (Fsp3) is 0.188. The smallest absolute Gasteiger partial charge is 0.164 e.